The molecule has 0 aliphatic carbocycles. The number of aromatic nitrogens is 2. The van der Waals surface area contributed by atoms with Crippen LogP contribution in [0.2, 0.25) is 10.0 Å². The Balaban J connectivity index is 1.77. The van der Waals surface area contributed by atoms with Gasteiger partial charge in [-0.1, -0.05) is 47.5 Å². The summed E-state index contributed by atoms with van der Waals surface area (Å²) in [5, 5.41) is 3.92. The first kappa shape index (κ1) is 16.8. The van der Waals surface area contributed by atoms with Crippen molar-refractivity contribution in [3.05, 3.63) is 87.9 Å². The van der Waals surface area contributed by atoms with Crippen LogP contribution in [0.15, 0.2) is 65.2 Å². The van der Waals surface area contributed by atoms with Gasteiger partial charge in [-0.25, -0.2) is 4.39 Å². The molecule has 130 valence electrons. The molecular formula is C19H12Cl2FN3O. The molecule has 0 amide bonds. The van der Waals surface area contributed by atoms with E-state index in [9.17, 15) is 4.39 Å². The number of para-hydroxylation sites is 2. The Labute approximate surface area is 158 Å². The average molecular weight is 388 g/mol. The Morgan fingerprint density at radius 3 is 2.50 bits per heavy atom. The van der Waals surface area contributed by atoms with Crippen molar-refractivity contribution in [2.45, 2.75) is 6.04 Å². The number of benzene rings is 2. The lowest BCUT2D eigenvalue weighted by atomic mass is 10.0. The highest BCUT2D eigenvalue weighted by molar-refractivity contribution is 6.30. The van der Waals surface area contributed by atoms with E-state index in [0.29, 0.717) is 16.1 Å². The normalized spacial score (nSPS) is 12.3. The van der Waals surface area contributed by atoms with E-state index in [4.69, 9.17) is 27.6 Å². The lowest BCUT2D eigenvalue weighted by molar-refractivity contribution is 0.577. The van der Waals surface area contributed by atoms with Gasteiger partial charge in [-0.15, -0.1) is 0 Å². The van der Waals surface area contributed by atoms with Crippen LogP contribution in [0.1, 0.15) is 17.3 Å². The van der Waals surface area contributed by atoms with Crippen molar-refractivity contribution in [2.24, 2.45) is 0 Å². The summed E-state index contributed by atoms with van der Waals surface area (Å²) in [6.07, 6.45) is 1.40. The van der Waals surface area contributed by atoms with Crippen LogP contribution in [0.4, 0.5) is 10.4 Å². The smallest absolute Gasteiger partial charge is 0.296 e. The molecule has 0 saturated carbocycles. The van der Waals surface area contributed by atoms with Crippen LogP contribution < -0.4 is 5.32 Å². The number of anilines is 1. The molecule has 0 radical (unpaired) electrons. The van der Waals surface area contributed by atoms with Crippen molar-refractivity contribution < 1.29 is 8.81 Å². The molecule has 1 N–H and O–H groups in total. The van der Waals surface area contributed by atoms with E-state index in [1.165, 1.54) is 12.3 Å². The maximum atomic E-state index is 14.5. The molecule has 4 aromatic rings. The molecule has 26 heavy (non-hydrogen) atoms. The molecule has 1 unspecified atom stereocenters. The Morgan fingerprint density at radius 1 is 1.00 bits per heavy atom. The van der Waals surface area contributed by atoms with Gasteiger partial charge in [0.25, 0.3) is 6.01 Å². The summed E-state index contributed by atoms with van der Waals surface area (Å²) < 4.78 is 20.2. The number of oxazole rings is 1. The topological polar surface area (TPSA) is 51.0 Å². The van der Waals surface area contributed by atoms with Gasteiger partial charge in [0, 0.05) is 11.2 Å². The molecule has 4 rings (SSSR count). The number of nitrogens with zero attached hydrogens (tertiary/aromatic N) is 2. The van der Waals surface area contributed by atoms with E-state index >= 15 is 0 Å². The van der Waals surface area contributed by atoms with Crippen LogP contribution >= 0.6 is 23.2 Å². The minimum Gasteiger partial charge on any atom is -0.424 e. The van der Waals surface area contributed by atoms with Crippen molar-refractivity contribution in [2.75, 3.05) is 5.32 Å². The number of hydrogen-bond donors (Lipinski definition) is 1. The van der Waals surface area contributed by atoms with Gasteiger partial charge in [-0.2, -0.15) is 4.98 Å². The molecule has 1 atom stereocenters. The monoisotopic (exact) mass is 387 g/mol. The minimum atomic E-state index is -0.627. The highest BCUT2D eigenvalue weighted by atomic mass is 35.5. The van der Waals surface area contributed by atoms with Crippen LogP contribution in [-0.2, 0) is 0 Å². The van der Waals surface area contributed by atoms with Crippen LogP contribution in [-0.4, -0.2) is 9.97 Å². The van der Waals surface area contributed by atoms with Crippen molar-refractivity contribution in [3.63, 3.8) is 0 Å². The van der Waals surface area contributed by atoms with Crippen LogP contribution in [0, 0.1) is 5.82 Å². The molecule has 4 nitrogen and oxygen atoms in total. The Hall–Kier alpha value is -2.63. The van der Waals surface area contributed by atoms with E-state index in [1.54, 1.807) is 24.3 Å². The molecule has 7 heteroatoms. The predicted octanol–water partition coefficient (Wildman–Crippen LogP) is 5.87. The number of hydrogen-bond acceptors (Lipinski definition) is 4. The number of fused-ring (bicyclic) bond motifs is 1. The minimum absolute atomic E-state index is 0.180. The maximum Gasteiger partial charge on any atom is 0.296 e. The molecule has 0 aliphatic rings. The zero-order chi connectivity index (χ0) is 18.1. The third-order valence-corrected chi connectivity index (χ3v) is 4.33. The highest BCUT2D eigenvalue weighted by Gasteiger charge is 2.22. The van der Waals surface area contributed by atoms with Crippen molar-refractivity contribution in [3.8, 4) is 0 Å². The van der Waals surface area contributed by atoms with Gasteiger partial charge >= 0.3 is 0 Å². The third-order valence-electron chi connectivity index (χ3n) is 3.87. The van der Waals surface area contributed by atoms with Crippen molar-refractivity contribution >= 4 is 40.3 Å². The second kappa shape index (κ2) is 6.94. The summed E-state index contributed by atoms with van der Waals surface area (Å²) in [6.45, 7) is 0. The summed E-state index contributed by atoms with van der Waals surface area (Å²) in [4.78, 5) is 8.54. The SMILES string of the molecule is Fc1cc(Cl)cnc1C(Nc1nc2ccccc2o1)c1ccc(Cl)cc1. The summed E-state index contributed by atoms with van der Waals surface area (Å²) >= 11 is 11.8. The van der Waals surface area contributed by atoms with E-state index in [0.717, 1.165) is 5.56 Å². The van der Waals surface area contributed by atoms with E-state index in [-0.39, 0.29) is 16.7 Å². The van der Waals surface area contributed by atoms with Gasteiger partial charge in [0.2, 0.25) is 0 Å². The summed E-state index contributed by atoms with van der Waals surface area (Å²) in [6, 6.07) is 15.3. The molecule has 2 aromatic carbocycles. The molecule has 2 heterocycles. The van der Waals surface area contributed by atoms with Crippen LogP contribution in [0.25, 0.3) is 11.1 Å². The molecule has 0 fully saturated rings. The first-order valence-electron chi connectivity index (χ1n) is 7.78. The second-order valence-corrected chi connectivity index (χ2v) is 6.51. The zero-order valence-corrected chi connectivity index (χ0v) is 14.8. The quantitative estimate of drug-likeness (QED) is 0.475. The summed E-state index contributed by atoms with van der Waals surface area (Å²) in [5.74, 6) is -0.527. The highest BCUT2D eigenvalue weighted by Crippen LogP contribution is 2.30. The van der Waals surface area contributed by atoms with Gasteiger partial charge in [0.1, 0.15) is 23.1 Å². The summed E-state index contributed by atoms with van der Waals surface area (Å²) in [5.41, 5.74) is 2.27. The van der Waals surface area contributed by atoms with Crippen LogP contribution in [0.5, 0.6) is 0 Å². The van der Waals surface area contributed by atoms with Crippen molar-refractivity contribution in [1.29, 1.82) is 0 Å². The fourth-order valence-corrected chi connectivity index (χ4v) is 2.93. The maximum absolute atomic E-state index is 14.5. The average Bonchev–Trinajstić information content (AvgIpc) is 3.03. The molecule has 0 aliphatic heterocycles. The fraction of sp³-hybridized carbons (Fsp3) is 0.0526. The fourth-order valence-electron chi connectivity index (χ4n) is 2.66. The van der Waals surface area contributed by atoms with E-state index in [1.807, 2.05) is 24.3 Å². The largest absolute Gasteiger partial charge is 0.424 e. The van der Waals surface area contributed by atoms with Gasteiger partial charge in [0.05, 0.1) is 5.02 Å². The zero-order valence-electron chi connectivity index (χ0n) is 13.3. The van der Waals surface area contributed by atoms with Gasteiger partial charge in [0.15, 0.2) is 5.58 Å². The van der Waals surface area contributed by atoms with Gasteiger partial charge in [-0.05, 0) is 35.9 Å². The molecule has 0 saturated heterocycles. The Kier molecular flexibility index (Phi) is 4.49. The van der Waals surface area contributed by atoms with Gasteiger partial charge < -0.3 is 9.73 Å². The Morgan fingerprint density at radius 2 is 1.77 bits per heavy atom. The molecule has 2 aromatic heterocycles. The standard InChI is InChI=1S/C19H12Cl2FN3O/c20-12-7-5-11(6-8-12)17(18-14(22)9-13(21)10-23-18)25-19-24-15-3-1-2-4-16(15)26-19/h1-10,17H,(H,24,25). The number of halogens is 3. The number of rotatable bonds is 4. The summed E-state index contributed by atoms with van der Waals surface area (Å²) in [7, 11) is 0. The Bertz CT molecular complexity index is 1030. The lowest BCUT2D eigenvalue weighted by Gasteiger charge is -2.18. The number of nitrogens with one attached hydrogen (secondary N) is 1. The van der Waals surface area contributed by atoms with E-state index < -0.39 is 11.9 Å². The molecular weight excluding hydrogens is 376 g/mol. The lowest BCUT2D eigenvalue weighted by Crippen LogP contribution is -2.16. The van der Waals surface area contributed by atoms with Crippen molar-refractivity contribution in [1.82, 2.24) is 9.97 Å². The van der Waals surface area contributed by atoms with Gasteiger partial charge in [-0.3, -0.25) is 4.98 Å². The van der Waals surface area contributed by atoms with Crippen LogP contribution in [0.3, 0.4) is 0 Å². The first-order chi connectivity index (χ1) is 12.6. The van der Waals surface area contributed by atoms with E-state index in [2.05, 4.69) is 15.3 Å². The molecule has 0 spiro atoms. The first-order valence-corrected chi connectivity index (χ1v) is 8.54. The number of pyridine rings is 1. The predicted molar refractivity (Wildman–Crippen MR) is 100 cm³/mol. The molecule has 0 bridgehead atoms. The third kappa shape index (κ3) is 3.36. The second-order valence-electron chi connectivity index (χ2n) is 5.64.